The predicted octanol–water partition coefficient (Wildman–Crippen LogP) is 3.19. The lowest BCUT2D eigenvalue weighted by Gasteiger charge is -2.07. The Labute approximate surface area is 146 Å². The molecule has 2 rings (SSSR count). The summed E-state index contributed by atoms with van der Waals surface area (Å²) in [5.41, 5.74) is 4.02. The number of carbonyl (C=O) groups excluding carboxylic acids is 1. The first-order valence-corrected chi connectivity index (χ1v) is 7.70. The van der Waals surface area contributed by atoms with Crippen LogP contribution < -0.4 is 10.2 Å². The summed E-state index contributed by atoms with van der Waals surface area (Å²) in [5.74, 6) is 0.149. The maximum atomic E-state index is 11.7. The second-order valence-electron chi connectivity index (χ2n) is 4.86. The summed E-state index contributed by atoms with van der Waals surface area (Å²) >= 11 is 3.36. The Balaban J connectivity index is 1.83. The highest BCUT2D eigenvalue weighted by Gasteiger charge is 2.05. The van der Waals surface area contributed by atoms with Crippen LogP contribution in [0, 0.1) is 17.0 Å². The van der Waals surface area contributed by atoms with E-state index in [9.17, 15) is 14.9 Å². The van der Waals surface area contributed by atoms with Gasteiger partial charge < -0.3 is 4.74 Å². The van der Waals surface area contributed by atoms with Crippen LogP contribution in [0.1, 0.15) is 11.1 Å². The molecule has 1 N–H and O–H groups in total. The fourth-order valence-corrected chi connectivity index (χ4v) is 2.37. The van der Waals surface area contributed by atoms with Crippen LogP contribution >= 0.6 is 15.9 Å². The minimum atomic E-state index is -0.483. The number of non-ortho nitro benzene ring substituents is 1. The lowest BCUT2D eigenvalue weighted by atomic mass is 10.2. The summed E-state index contributed by atoms with van der Waals surface area (Å²) in [4.78, 5) is 21.7. The highest BCUT2D eigenvalue weighted by atomic mass is 79.9. The van der Waals surface area contributed by atoms with E-state index in [-0.39, 0.29) is 12.3 Å². The molecule has 0 saturated carbocycles. The van der Waals surface area contributed by atoms with Crippen molar-refractivity contribution in [2.75, 3.05) is 6.61 Å². The Kier molecular flexibility index (Phi) is 6.02. The Bertz CT molecular complexity index is 775. The first-order valence-electron chi connectivity index (χ1n) is 6.91. The predicted molar refractivity (Wildman–Crippen MR) is 93.2 cm³/mol. The molecule has 124 valence electrons. The van der Waals surface area contributed by atoms with Crippen molar-refractivity contribution in [1.29, 1.82) is 0 Å². The molecule has 0 aliphatic carbocycles. The Morgan fingerprint density at radius 1 is 1.33 bits per heavy atom. The number of rotatable bonds is 6. The van der Waals surface area contributed by atoms with Gasteiger partial charge in [0.1, 0.15) is 5.75 Å². The molecule has 0 radical (unpaired) electrons. The van der Waals surface area contributed by atoms with Gasteiger partial charge in [-0.25, -0.2) is 5.43 Å². The van der Waals surface area contributed by atoms with Gasteiger partial charge in [0.05, 0.1) is 15.6 Å². The molecule has 0 aliphatic rings. The number of benzene rings is 2. The van der Waals surface area contributed by atoms with Gasteiger partial charge in [-0.2, -0.15) is 5.10 Å². The first kappa shape index (κ1) is 17.6. The smallest absolute Gasteiger partial charge is 0.277 e. The highest BCUT2D eigenvalue weighted by molar-refractivity contribution is 9.10. The Hall–Kier alpha value is -2.74. The molecule has 0 bridgehead atoms. The van der Waals surface area contributed by atoms with Crippen LogP contribution in [0.5, 0.6) is 5.75 Å². The average molecular weight is 392 g/mol. The number of nitro benzene ring substituents is 1. The molecule has 0 spiro atoms. The third-order valence-corrected chi connectivity index (χ3v) is 3.57. The summed E-state index contributed by atoms with van der Waals surface area (Å²) in [5, 5.41) is 14.3. The summed E-state index contributed by atoms with van der Waals surface area (Å²) in [6.45, 7) is 1.77. The van der Waals surface area contributed by atoms with Crippen LogP contribution in [0.15, 0.2) is 52.0 Å². The molecule has 2 aromatic carbocycles. The number of carbonyl (C=O) groups is 1. The number of nitrogens with one attached hydrogen (secondary N) is 1. The molecule has 0 aliphatic heterocycles. The van der Waals surface area contributed by atoms with E-state index < -0.39 is 10.8 Å². The number of ether oxygens (including phenoxy) is 1. The summed E-state index contributed by atoms with van der Waals surface area (Å²) < 4.78 is 6.16. The zero-order valence-electron chi connectivity index (χ0n) is 12.7. The molecule has 0 heterocycles. The summed E-state index contributed by atoms with van der Waals surface area (Å²) in [6, 6.07) is 11.3. The normalized spacial score (nSPS) is 10.6. The zero-order chi connectivity index (χ0) is 17.5. The molecule has 2 aromatic rings. The van der Waals surface area contributed by atoms with Crippen LogP contribution in [0.2, 0.25) is 0 Å². The molecule has 1 amide bonds. The van der Waals surface area contributed by atoms with Gasteiger partial charge in [-0.05, 0) is 58.2 Å². The summed E-state index contributed by atoms with van der Waals surface area (Å²) in [7, 11) is 0. The van der Waals surface area contributed by atoms with Gasteiger partial charge >= 0.3 is 0 Å². The topological polar surface area (TPSA) is 93.8 Å². The lowest BCUT2D eigenvalue weighted by Crippen LogP contribution is -2.24. The molecular weight excluding hydrogens is 378 g/mol. The van der Waals surface area contributed by atoms with E-state index in [1.165, 1.54) is 30.5 Å². The van der Waals surface area contributed by atoms with E-state index in [2.05, 4.69) is 26.5 Å². The quantitative estimate of drug-likeness (QED) is 0.464. The van der Waals surface area contributed by atoms with Gasteiger partial charge in [-0.15, -0.1) is 0 Å². The average Bonchev–Trinajstić information content (AvgIpc) is 2.54. The van der Waals surface area contributed by atoms with Gasteiger partial charge in [0.2, 0.25) is 0 Å². The van der Waals surface area contributed by atoms with Crippen LogP contribution in [-0.2, 0) is 4.79 Å². The van der Waals surface area contributed by atoms with E-state index in [0.717, 1.165) is 10.0 Å². The van der Waals surface area contributed by atoms with Gasteiger partial charge in [0.25, 0.3) is 11.6 Å². The third-order valence-electron chi connectivity index (χ3n) is 2.95. The van der Waals surface area contributed by atoms with Crippen LogP contribution in [0.3, 0.4) is 0 Å². The van der Waals surface area contributed by atoms with Crippen molar-refractivity contribution in [2.45, 2.75) is 6.92 Å². The molecule has 0 fully saturated rings. The number of halogens is 1. The van der Waals surface area contributed by atoms with Crippen LogP contribution in [-0.4, -0.2) is 23.7 Å². The summed E-state index contributed by atoms with van der Waals surface area (Å²) in [6.07, 6.45) is 1.39. The number of amides is 1. The highest BCUT2D eigenvalue weighted by Crippen LogP contribution is 2.25. The third kappa shape index (κ3) is 5.17. The Morgan fingerprint density at radius 3 is 2.67 bits per heavy atom. The van der Waals surface area contributed by atoms with Gasteiger partial charge in [0, 0.05) is 12.1 Å². The van der Waals surface area contributed by atoms with Gasteiger partial charge in [0.15, 0.2) is 6.61 Å². The van der Waals surface area contributed by atoms with E-state index in [1.807, 2.05) is 19.1 Å². The molecular formula is C16H14BrN3O4. The number of hydrogen-bond donors (Lipinski definition) is 1. The fourth-order valence-electron chi connectivity index (χ4n) is 1.76. The van der Waals surface area contributed by atoms with E-state index >= 15 is 0 Å². The van der Waals surface area contributed by atoms with E-state index in [1.54, 1.807) is 6.07 Å². The second-order valence-corrected chi connectivity index (χ2v) is 5.72. The number of hydrazone groups is 1. The largest absolute Gasteiger partial charge is 0.483 e. The van der Waals surface area contributed by atoms with E-state index in [4.69, 9.17) is 4.74 Å². The van der Waals surface area contributed by atoms with E-state index in [0.29, 0.717) is 11.3 Å². The molecule has 24 heavy (non-hydrogen) atoms. The van der Waals surface area contributed by atoms with Crippen molar-refractivity contribution in [3.63, 3.8) is 0 Å². The molecule has 0 unspecified atom stereocenters. The minimum absolute atomic E-state index is 0.00624. The molecule has 7 nitrogen and oxygen atoms in total. The van der Waals surface area contributed by atoms with Crippen molar-refractivity contribution in [2.24, 2.45) is 5.10 Å². The SMILES string of the molecule is Cc1ccc(OCC(=O)N/N=C/c2ccc([N+](=O)[O-])cc2)c(Br)c1. The maximum absolute atomic E-state index is 11.7. The van der Waals surface area contributed by atoms with Crippen LogP contribution in [0.25, 0.3) is 0 Å². The van der Waals surface area contributed by atoms with Gasteiger partial charge in [-0.1, -0.05) is 6.07 Å². The Morgan fingerprint density at radius 2 is 2.04 bits per heavy atom. The first-order chi connectivity index (χ1) is 11.5. The molecule has 0 saturated heterocycles. The zero-order valence-corrected chi connectivity index (χ0v) is 14.3. The maximum Gasteiger partial charge on any atom is 0.277 e. The van der Waals surface area contributed by atoms with Crippen molar-refractivity contribution < 1.29 is 14.5 Å². The van der Waals surface area contributed by atoms with Crippen molar-refractivity contribution in [3.05, 3.63) is 68.2 Å². The van der Waals surface area contributed by atoms with Crippen molar-refractivity contribution in [3.8, 4) is 5.75 Å². The minimum Gasteiger partial charge on any atom is -0.483 e. The molecule has 8 heteroatoms. The number of nitro groups is 1. The number of aryl methyl sites for hydroxylation is 1. The molecule has 0 atom stereocenters. The van der Waals surface area contributed by atoms with Gasteiger partial charge in [-0.3, -0.25) is 14.9 Å². The lowest BCUT2D eigenvalue weighted by molar-refractivity contribution is -0.384. The molecule has 0 aromatic heterocycles. The standard InChI is InChI=1S/C16H14BrN3O4/c1-11-2-7-15(14(17)8-11)24-10-16(21)19-18-9-12-3-5-13(6-4-12)20(22)23/h2-9H,10H2,1H3,(H,19,21)/b18-9+. The number of hydrogen-bond acceptors (Lipinski definition) is 5. The van der Waals surface area contributed by atoms with Crippen molar-refractivity contribution >= 4 is 33.7 Å². The number of nitrogens with zero attached hydrogens (tertiary/aromatic N) is 2. The fraction of sp³-hybridized carbons (Fsp3) is 0.125. The van der Waals surface area contributed by atoms with Crippen molar-refractivity contribution in [1.82, 2.24) is 5.43 Å². The monoisotopic (exact) mass is 391 g/mol. The second kappa shape index (κ2) is 8.21. The van der Waals surface area contributed by atoms with Crippen LogP contribution in [0.4, 0.5) is 5.69 Å².